The molecular formula is C24H31N. The van der Waals surface area contributed by atoms with Crippen molar-refractivity contribution in [3.05, 3.63) is 84.1 Å². The van der Waals surface area contributed by atoms with E-state index in [1.165, 1.54) is 22.6 Å². The minimum atomic E-state index is 0.152. The van der Waals surface area contributed by atoms with Crippen molar-refractivity contribution in [1.29, 1.82) is 0 Å². The Balaban J connectivity index is 0.00000109. The molecule has 1 heteroatoms. The summed E-state index contributed by atoms with van der Waals surface area (Å²) < 4.78 is 0. The highest BCUT2D eigenvalue weighted by Crippen LogP contribution is 2.35. The predicted octanol–water partition coefficient (Wildman–Crippen LogP) is 7.38. The van der Waals surface area contributed by atoms with Crippen LogP contribution in [0.15, 0.2) is 78.5 Å². The summed E-state index contributed by atoms with van der Waals surface area (Å²) in [6, 6.07) is 19.6. The van der Waals surface area contributed by atoms with Crippen LogP contribution in [0.3, 0.4) is 0 Å². The molecule has 3 rings (SSSR count). The Hall–Kier alpha value is -2.28. The van der Waals surface area contributed by atoms with E-state index in [2.05, 4.69) is 98.5 Å². The van der Waals surface area contributed by atoms with Crippen LogP contribution in [0.25, 0.3) is 0 Å². The van der Waals surface area contributed by atoms with Crippen molar-refractivity contribution in [3.63, 3.8) is 0 Å². The van der Waals surface area contributed by atoms with Gasteiger partial charge in [0, 0.05) is 17.1 Å². The highest BCUT2D eigenvalue weighted by atomic mass is 15.1. The average Bonchev–Trinajstić information content (AvgIpc) is 2.65. The van der Waals surface area contributed by atoms with Crippen molar-refractivity contribution < 1.29 is 0 Å². The van der Waals surface area contributed by atoms with Gasteiger partial charge in [0.1, 0.15) is 0 Å². The first-order chi connectivity index (χ1) is 12.1. The molecule has 0 amide bonds. The van der Waals surface area contributed by atoms with Gasteiger partial charge in [-0.1, -0.05) is 77.1 Å². The Morgan fingerprint density at radius 2 is 1.52 bits per heavy atom. The highest BCUT2D eigenvalue weighted by Gasteiger charge is 2.18. The van der Waals surface area contributed by atoms with Gasteiger partial charge in [-0.25, -0.2) is 0 Å². The van der Waals surface area contributed by atoms with E-state index < -0.39 is 0 Å². The van der Waals surface area contributed by atoms with E-state index >= 15 is 0 Å². The quantitative estimate of drug-likeness (QED) is 0.566. The number of para-hydroxylation sites is 1. The van der Waals surface area contributed by atoms with Crippen LogP contribution in [0.1, 0.15) is 53.0 Å². The van der Waals surface area contributed by atoms with Gasteiger partial charge in [-0.3, -0.25) is 0 Å². The molecule has 0 atom stereocenters. The number of hydrogen-bond donors (Lipinski definition) is 0. The molecule has 1 aliphatic carbocycles. The SMILES string of the molecule is CC.CC(C)(C)c1cccc(N(C2=CC=CCC2)c2ccccc2)c1. The van der Waals surface area contributed by atoms with Crippen molar-refractivity contribution in [2.45, 2.75) is 52.9 Å². The largest absolute Gasteiger partial charge is 0.314 e. The van der Waals surface area contributed by atoms with E-state index in [1.54, 1.807) is 0 Å². The highest BCUT2D eigenvalue weighted by molar-refractivity contribution is 5.69. The predicted molar refractivity (Wildman–Crippen MR) is 112 cm³/mol. The minimum absolute atomic E-state index is 0.152. The van der Waals surface area contributed by atoms with Crippen LogP contribution in [-0.4, -0.2) is 0 Å². The number of nitrogens with zero attached hydrogens (tertiary/aromatic N) is 1. The van der Waals surface area contributed by atoms with Crippen molar-refractivity contribution in [3.8, 4) is 0 Å². The summed E-state index contributed by atoms with van der Waals surface area (Å²) in [5.74, 6) is 0. The Bertz CT molecular complexity index is 717. The zero-order chi connectivity index (χ0) is 18.3. The molecule has 0 saturated carbocycles. The fraction of sp³-hybridized carbons (Fsp3) is 0.333. The molecule has 2 aromatic rings. The molecule has 1 aliphatic rings. The first kappa shape index (κ1) is 19.1. The molecule has 0 bridgehead atoms. The summed E-state index contributed by atoms with van der Waals surface area (Å²) in [7, 11) is 0. The molecule has 25 heavy (non-hydrogen) atoms. The Kier molecular flexibility index (Phi) is 6.64. The maximum atomic E-state index is 2.39. The van der Waals surface area contributed by atoms with E-state index in [0.29, 0.717) is 0 Å². The Labute approximate surface area is 153 Å². The zero-order valence-corrected chi connectivity index (χ0v) is 16.3. The monoisotopic (exact) mass is 333 g/mol. The molecule has 0 fully saturated rings. The normalized spacial score (nSPS) is 13.6. The lowest BCUT2D eigenvalue weighted by atomic mass is 9.86. The molecule has 0 spiro atoms. The number of hydrogen-bond acceptors (Lipinski definition) is 1. The maximum Gasteiger partial charge on any atom is 0.0461 e. The third kappa shape index (κ3) is 4.85. The third-order valence-electron chi connectivity index (χ3n) is 4.26. The van der Waals surface area contributed by atoms with Crippen molar-refractivity contribution in [2.75, 3.05) is 4.90 Å². The van der Waals surface area contributed by atoms with Gasteiger partial charge in [-0.2, -0.15) is 0 Å². The van der Waals surface area contributed by atoms with E-state index in [9.17, 15) is 0 Å². The zero-order valence-electron chi connectivity index (χ0n) is 16.3. The van der Waals surface area contributed by atoms with E-state index in [1.807, 2.05) is 13.8 Å². The molecular weight excluding hydrogens is 302 g/mol. The van der Waals surface area contributed by atoms with Gasteiger partial charge in [-0.05, 0) is 54.2 Å². The molecule has 132 valence electrons. The smallest absolute Gasteiger partial charge is 0.0461 e. The molecule has 0 heterocycles. The molecule has 2 aromatic carbocycles. The van der Waals surface area contributed by atoms with Crippen molar-refractivity contribution in [2.24, 2.45) is 0 Å². The lowest BCUT2D eigenvalue weighted by Crippen LogP contribution is -2.18. The summed E-state index contributed by atoms with van der Waals surface area (Å²) in [4.78, 5) is 2.39. The number of allylic oxidation sites excluding steroid dienone is 4. The number of anilines is 2. The molecule has 1 nitrogen and oxygen atoms in total. The number of rotatable bonds is 3. The topological polar surface area (TPSA) is 3.24 Å². The Morgan fingerprint density at radius 3 is 2.12 bits per heavy atom. The summed E-state index contributed by atoms with van der Waals surface area (Å²) >= 11 is 0. The molecule has 0 saturated heterocycles. The third-order valence-corrected chi connectivity index (χ3v) is 4.26. The van der Waals surface area contributed by atoms with Crippen LogP contribution >= 0.6 is 0 Å². The van der Waals surface area contributed by atoms with Gasteiger partial charge in [-0.15, -0.1) is 0 Å². The maximum absolute atomic E-state index is 2.39. The second-order valence-electron chi connectivity index (χ2n) is 7.10. The minimum Gasteiger partial charge on any atom is -0.314 e. The van der Waals surface area contributed by atoms with Crippen LogP contribution in [0.4, 0.5) is 11.4 Å². The van der Waals surface area contributed by atoms with E-state index in [0.717, 1.165) is 12.8 Å². The first-order valence-electron chi connectivity index (χ1n) is 9.37. The molecule has 0 unspecified atom stereocenters. The average molecular weight is 334 g/mol. The van der Waals surface area contributed by atoms with Crippen LogP contribution in [0, 0.1) is 0 Å². The Morgan fingerprint density at radius 1 is 0.840 bits per heavy atom. The molecule has 0 N–H and O–H groups in total. The van der Waals surface area contributed by atoms with E-state index in [-0.39, 0.29) is 5.41 Å². The van der Waals surface area contributed by atoms with Crippen LogP contribution in [0.5, 0.6) is 0 Å². The second-order valence-corrected chi connectivity index (χ2v) is 7.10. The van der Waals surface area contributed by atoms with Crippen LogP contribution in [-0.2, 0) is 5.41 Å². The fourth-order valence-corrected chi connectivity index (χ4v) is 2.95. The summed E-state index contributed by atoms with van der Waals surface area (Å²) in [5, 5.41) is 0. The number of benzene rings is 2. The second kappa shape index (κ2) is 8.71. The first-order valence-corrected chi connectivity index (χ1v) is 9.37. The summed E-state index contributed by atoms with van der Waals surface area (Å²) in [6.07, 6.45) is 8.82. The van der Waals surface area contributed by atoms with Gasteiger partial charge < -0.3 is 4.90 Å². The molecule has 0 radical (unpaired) electrons. The molecule has 0 aliphatic heterocycles. The lowest BCUT2D eigenvalue weighted by Gasteiger charge is -2.30. The van der Waals surface area contributed by atoms with E-state index in [4.69, 9.17) is 0 Å². The van der Waals surface area contributed by atoms with Gasteiger partial charge in [0.15, 0.2) is 0 Å². The summed E-state index contributed by atoms with van der Waals surface area (Å²) in [6.45, 7) is 10.8. The van der Waals surface area contributed by atoms with Gasteiger partial charge >= 0.3 is 0 Å². The standard InChI is InChI=1S/C22H25N.C2H6/c1-22(2,3)18-11-10-16-21(17-18)23(19-12-6-4-7-13-19)20-14-8-5-9-15-20;1-2/h4-8,10-14,16-17H,9,15H2,1-3H3;1-2H3. The van der Waals surface area contributed by atoms with Crippen LogP contribution < -0.4 is 4.90 Å². The fourth-order valence-electron chi connectivity index (χ4n) is 2.95. The summed E-state index contributed by atoms with van der Waals surface area (Å²) in [5.41, 5.74) is 5.33. The van der Waals surface area contributed by atoms with Crippen LogP contribution in [0.2, 0.25) is 0 Å². The molecule has 0 aromatic heterocycles. The lowest BCUT2D eigenvalue weighted by molar-refractivity contribution is 0.590. The van der Waals surface area contributed by atoms with Crippen molar-refractivity contribution in [1.82, 2.24) is 0 Å². The van der Waals surface area contributed by atoms with Crippen molar-refractivity contribution >= 4 is 11.4 Å². The van der Waals surface area contributed by atoms with Gasteiger partial charge in [0.05, 0.1) is 0 Å². The van der Waals surface area contributed by atoms with Gasteiger partial charge in [0.25, 0.3) is 0 Å². The van der Waals surface area contributed by atoms with Gasteiger partial charge in [0.2, 0.25) is 0 Å².